The fourth-order valence-electron chi connectivity index (χ4n) is 1.67. The van der Waals surface area contributed by atoms with Crippen LogP contribution in [-0.2, 0) is 11.9 Å². The highest BCUT2D eigenvalue weighted by Gasteiger charge is 2.30. The standard InChI is InChI=1S/C14H10Cl2F3NS/c15-10-3-1-2-8(13(10)16)7-21-12-5-4-9(6-11(12)20)14(17,18)19/h1-6H,7,20H2. The van der Waals surface area contributed by atoms with E-state index in [0.29, 0.717) is 20.7 Å². The Morgan fingerprint density at radius 2 is 1.81 bits per heavy atom. The Balaban J connectivity index is 2.16. The summed E-state index contributed by atoms with van der Waals surface area (Å²) in [4.78, 5) is 0.569. The van der Waals surface area contributed by atoms with Crippen molar-refractivity contribution in [3.05, 3.63) is 57.6 Å². The van der Waals surface area contributed by atoms with Crippen LogP contribution in [0.15, 0.2) is 41.3 Å². The summed E-state index contributed by atoms with van der Waals surface area (Å²) in [5, 5.41) is 0.882. The molecule has 0 amide bonds. The van der Waals surface area contributed by atoms with Gasteiger partial charge in [-0.15, -0.1) is 11.8 Å². The highest BCUT2D eigenvalue weighted by Crippen LogP contribution is 2.36. The number of thioether (sulfide) groups is 1. The molecule has 112 valence electrons. The van der Waals surface area contributed by atoms with E-state index < -0.39 is 11.7 Å². The lowest BCUT2D eigenvalue weighted by atomic mass is 10.2. The number of nitrogens with two attached hydrogens (primary N) is 1. The van der Waals surface area contributed by atoms with E-state index in [1.165, 1.54) is 17.8 Å². The lowest BCUT2D eigenvalue weighted by Crippen LogP contribution is -2.05. The highest BCUT2D eigenvalue weighted by atomic mass is 35.5. The van der Waals surface area contributed by atoms with Crippen molar-refractivity contribution >= 4 is 40.7 Å². The smallest absolute Gasteiger partial charge is 0.398 e. The maximum Gasteiger partial charge on any atom is 0.416 e. The Labute approximate surface area is 134 Å². The van der Waals surface area contributed by atoms with Crippen LogP contribution in [-0.4, -0.2) is 0 Å². The first-order valence-corrected chi connectivity index (χ1v) is 7.55. The maximum atomic E-state index is 12.6. The van der Waals surface area contributed by atoms with Crippen LogP contribution in [0.1, 0.15) is 11.1 Å². The van der Waals surface area contributed by atoms with Gasteiger partial charge in [-0.3, -0.25) is 0 Å². The van der Waals surface area contributed by atoms with Crippen LogP contribution >= 0.6 is 35.0 Å². The van der Waals surface area contributed by atoms with Gasteiger partial charge in [0.2, 0.25) is 0 Å². The largest absolute Gasteiger partial charge is 0.416 e. The van der Waals surface area contributed by atoms with Crippen molar-refractivity contribution in [2.75, 3.05) is 5.73 Å². The van der Waals surface area contributed by atoms with Crippen LogP contribution < -0.4 is 5.73 Å². The number of hydrogen-bond acceptors (Lipinski definition) is 2. The molecule has 0 aliphatic carbocycles. The number of rotatable bonds is 3. The summed E-state index contributed by atoms with van der Waals surface area (Å²) >= 11 is 13.3. The predicted octanol–water partition coefficient (Wildman–Crippen LogP) is 5.89. The van der Waals surface area contributed by atoms with E-state index in [-0.39, 0.29) is 5.69 Å². The van der Waals surface area contributed by atoms with Crippen molar-refractivity contribution in [1.29, 1.82) is 0 Å². The molecule has 2 rings (SSSR count). The average molecular weight is 352 g/mol. The molecule has 1 nitrogen and oxygen atoms in total. The SMILES string of the molecule is Nc1cc(C(F)(F)F)ccc1SCc1cccc(Cl)c1Cl. The summed E-state index contributed by atoms with van der Waals surface area (Å²) in [5.74, 6) is 0.467. The van der Waals surface area contributed by atoms with Gasteiger partial charge in [0.05, 0.1) is 15.6 Å². The van der Waals surface area contributed by atoms with Crippen LogP contribution in [0.4, 0.5) is 18.9 Å². The molecule has 0 heterocycles. The molecule has 0 aliphatic heterocycles. The summed E-state index contributed by atoms with van der Waals surface area (Å²) in [6.07, 6.45) is -4.40. The van der Waals surface area contributed by atoms with Gasteiger partial charge in [0.15, 0.2) is 0 Å². The molecule has 0 aromatic heterocycles. The Morgan fingerprint density at radius 3 is 2.43 bits per heavy atom. The third kappa shape index (κ3) is 3.99. The van der Waals surface area contributed by atoms with Crippen molar-refractivity contribution in [2.24, 2.45) is 0 Å². The maximum absolute atomic E-state index is 12.6. The molecule has 2 aromatic carbocycles. The highest BCUT2D eigenvalue weighted by molar-refractivity contribution is 7.98. The second-order valence-electron chi connectivity index (χ2n) is 4.25. The van der Waals surface area contributed by atoms with Crippen molar-refractivity contribution in [1.82, 2.24) is 0 Å². The molecule has 2 N–H and O–H groups in total. The van der Waals surface area contributed by atoms with Crippen molar-refractivity contribution < 1.29 is 13.2 Å². The lowest BCUT2D eigenvalue weighted by Gasteiger charge is -2.11. The summed E-state index contributed by atoms with van der Waals surface area (Å²) in [7, 11) is 0. The van der Waals surface area contributed by atoms with E-state index in [2.05, 4.69) is 0 Å². The quantitative estimate of drug-likeness (QED) is 0.551. The first kappa shape index (κ1) is 16.3. The zero-order valence-electron chi connectivity index (χ0n) is 10.5. The van der Waals surface area contributed by atoms with Crippen LogP contribution in [0.5, 0.6) is 0 Å². The molecule has 0 atom stereocenters. The minimum Gasteiger partial charge on any atom is -0.398 e. The Bertz CT molecular complexity index is 659. The summed E-state index contributed by atoms with van der Waals surface area (Å²) < 4.78 is 37.7. The van der Waals surface area contributed by atoms with Crippen LogP contribution in [0, 0.1) is 0 Å². The van der Waals surface area contributed by atoms with Crippen molar-refractivity contribution in [2.45, 2.75) is 16.8 Å². The minimum atomic E-state index is -4.40. The number of halogens is 5. The average Bonchev–Trinajstić information content (AvgIpc) is 2.40. The van der Waals surface area contributed by atoms with E-state index in [1.807, 2.05) is 6.07 Å². The molecule has 0 aliphatic rings. The number of hydrogen-bond donors (Lipinski definition) is 1. The summed E-state index contributed by atoms with van der Waals surface area (Å²) in [6.45, 7) is 0. The zero-order chi connectivity index (χ0) is 15.6. The molecule has 2 aromatic rings. The minimum absolute atomic E-state index is 0.0907. The van der Waals surface area contributed by atoms with E-state index in [4.69, 9.17) is 28.9 Å². The van der Waals surface area contributed by atoms with E-state index >= 15 is 0 Å². The molecular formula is C14H10Cl2F3NS. The molecule has 0 bridgehead atoms. The van der Waals surface area contributed by atoms with Gasteiger partial charge in [-0.2, -0.15) is 13.2 Å². The van der Waals surface area contributed by atoms with Gasteiger partial charge in [0, 0.05) is 16.3 Å². The number of alkyl halides is 3. The molecule has 0 unspecified atom stereocenters. The van der Waals surface area contributed by atoms with E-state index in [9.17, 15) is 13.2 Å². The molecule has 0 saturated carbocycles. The normalized spacial score (nSPS) is 11.7. The van der Waals surface area contributed by atoms with Gasteiger partial charge in [-0.1, -0.05) is 35.3 Å². The van der Waals surface area contributed by atoms with Crippen LogP contribution in [0.25, 0.3) is 0 Å². The molecule has 7 heteroatoms. The number of benzene rings is 2. The number of nitrogen functional groups attached to an aromatic ring is 1. The summed E-state index contributed by atoms with van der Waals surface area (Å²) in [6, 6.07) is 8.55. The van der Waals surface area contributed by atoms with Crippen molar-refractivity contribution in [3.63, 3.8) is 0 Å². The predicted molar refractivity (Wildman–Crippen MR) is 81.9 cm³/mol. The molecule has 0 fully saturated rings. The van der Waals surface area contributed by atoms with E-state index in [1.54, 1.807) is 12.1 Å². The zero-order valence-corrected chi connectivity index (χ0v) is 12.9. The third-order valence-corrected chi connectivity index (χ3v) is 4.75. The fourth-order valence-corrected chi connectivity index (χ4v) is 3.08. The monoisotopic (exact) mass is 351 g/mol. The van der Waals surface area contributed by atoms with Gasteiger partial charge in [-0.05, 0) is 29.8 Å². The molecule has 0 radical (unpaired) electrons. The Kier molecular flexibility index (Phi) is 4.96. The van der Waals surface area contributed by atoms with Gasteiger partial charge in [0.1, 0.15) is 0 Å². The third-order valence-electron chi connectivity index (χ3n) is 2.75. The summed E-state index contributed by atoms with van der Waals surface area (Å²) in [5.41, 5.74) is 5.80. The van der Waals surface area contributed by atoms with Crippen molar-refractivity contribution in [3.8, 4) is 0 Å². The number of anilines is 1. The van der Waals surface area contributed by atoms with Gasteiger partial charge < -0.3 is 5.73 Å². The molecular weight excluding hydrogens is 342 g/mol. The van der Waals surface area contributed by atoms with Gasteiger partial charge in [0.25, 0.3) is 0 Å². The van der Waals surface area contributed by atoms with Gasteiger partial charge in [-0.25, -0.2) is 0 Å². The lowest BCUT2D eigenvalue weighted by molar-refractivity contribution is -0.137. The second-order valence-corrected chi connectivity index (χ2v) is 6.05. The second kappa shape index (κ2) is 6.38. The Morgan fingerprint density at radius 1 is 1.10 bits per heavy atom. The van der Waals surface area contributed by atoms with Gasteiger partial charge >= 0.3 is 6.18 Å². The first-order valence-electron chi connectivity index (χ1n) is 5.81. The molecule has 0 spiro atoms. The Hall–Kier alpha value is -1.04. The topological polar surface area (TPSA) is 26.0 Å². The first-order chi connectivity index (χ1) is 9.79. The molecule has 21 heavy (non-hydrogen) atoms. The fraction of sp³-hybridized carbons (Fsp3) is 0.143. The van der Waals surface area contributed by atoms with Crippen LogP contribution in [0.3, 0.4) is 0 Å². The van der Waals surface area contributed by atoms with Crippen LogP contribution in [0.2, 0.25) is 10.0 Å². The van der Waals surface area contributed by atoms with E-state index in [0.717, 1.165) is 17.7 Å². The molecule has 0 saturated heterocycles.